The van der Waals surface area contributed by atoms with Crippen molar-refractivity contribution in [2.24, 2.45) is 0 Å². The number of rotatable bonds is 9. The number of aromatic nitrogens is 6. The van der Waals surface area contributed by atoms with E-state index >= 15 is 0 Å². The minimum absolute atomic E-state index is 0.669. The molecule has 410 valence electrons. The molecule has 0 spiro atoms. The third-order valence-electron chi connectivity index (χ3n) is 17.9. The van der Waals surface area contributed by atoms with Crippen molar-refractivity contribution in [3.8, 4) is 78.9 Å². The lowest BCUT2D eigenvalue weighted by molar-refractivity contribution is 1.13. The van der Waals surface area contributed by atoms with Gasteiger partial charge in [0.1, 0.15) is 0 Å². The van der Waals surface area contributed by atoms with Gasteiger partial charge in [-0.1, -0.05) is 206 Å². The molecule has 0 aliphatic heterocycles. The predicted octanol–water partition coefficient (Wildman–Crippen LogP) is 21.2. The summed E-state index contributed by atoms with van der Waals surface area (Å²) in [7, 11) is 0. The minimum Gasteiger partial charge on any atom is -0.309 e. The Labute approximate surface area is 507 Å². The van der Waals surface area contributed by atoms with Gasteiger partial charge in [-0.2, -0.15) is 0 Å². The van der Waals surface area contributed by atoms with E-state index in [0.717, 1.165) is 95.1 Å². The van der Waals surface area contributed by atoms with Gasteiger partial charge >= 0.3 is 0 Å². The second-order valence-corrected chi connectivity index (χ2v) is 22.9. The third kappa shape index (κ3) is 7.89. The first-order valence-electron chi connectivity index (χ1n) is 30.0. The number of para-hydroxylation sites is 6. The van der Waals surface area contributed by atoms with Crippen LogP contribution in [-0.2, 0) is 0 Å². The van der Waals surface area contributed by atoms with Crippen molar-refractivity contribution in [2.75, 3.05) is 0 Å². The summed E-state index contributed by atoms with van der Waals surface area (Å²) in [4.78, 5) is 10.7. The van der Waals surface area contributed by atoms with Crippen LogP contribution >= 0.6 is 0 Å². The van der Waals surface area contributed by atoms with Gasteiger partial charge in [-0.15, -0.1) is 0 Å². The van der Waals surface area contributed by atoms with Crippen molar-refractivity contribution in [3.05, 3.63) is 315 Å². The monoisotopic (exact) mass is 1120 g/mol. The first kappa shape index (κ1) is 49.6. The molecular weight excluding hydrogens is 1070 g/mol. The lowest BCUT2D eigenvalue weighted by Crippen LogP contribution is -2.01. The molecule has 0 saturated heterocycles. The van der Waals surface area contributed by atoms with Gasteiger partial charge in [0.2, 0.25) is 0 Å². The standard InChI is InChI=1S/C82H52N6/c1-5-21-53(22-6-1)72-52-73(84-82(83-72)54-23-7-2-8-24-54)59-45-62(87-76-35-19-15-31-66(76)70-47-55(39-43-78(70)87)57-37-41-68-64-29-13-17-33-74(64)85(80(68)49-57)60-25-9-3-10-26-60)51-63(46-59)88-77-36-20-16-32-67(77)71-48-56(40-44-79(71)88)58-38-42-69-65-30-14-18-34-75(65)86(81(69)50-58)61-27-11-4-12-28-61/h1-52H. The lowest BCUT2D eigenvalue weighted by atomic mass is 10.0. The van der Waals surface area contributed by atoms with Crippen molar-refractivity contribution in [3.63, 3.8) is 0 Å². The highest BCUT2D eigenvalue weighted by molar-refractivity contribution is 6.15. The molecule has 0 amide bonds. The van der Waals surface area contributed by atoms with Crippen LogP contribution in [0.25, 0.3) is 166 Å². The van der Waals surface area contributed by atoms with Gasteiger partial charge in [-0.25, -0.2) is 9.97 Å². The van der Waals surface area contributed by atoms with Crippen molar-refractivity contribution in [1.82, 2.24) is 28.2 Å². The summed E-state index contributed by atoms with van der Waals surface area (Å²) >= 11 is 0. The van der Waals surface area contributed by atoms with E-state index in [0.29, 0.717) is 5.82 Å². The fourth-order valence-corrected chi connectivity index (χ4v) is 13.9. The van der Waals surface area contributed by atoms with E-state index in [9.17, 15) is 0 Å². The van der Waals surface area contributed by atoms with Gasteiger partial charge in [0.25, 0.3) is 0 Å². The average Bonchev–Trinajstić information content (AvgIpc) is 1.74. The Balaban J connectivity index is 0.850. The molecule has 5 aromatic heterocycles. The third-order valence-corrected chi connectivity index (χ3v) is 17.9. The van der Waals surface area contributed by atoms with Gasteiger partial charge in [0, 0.05) is 82.5 Å². The molecule has 88 heavy (non-hydrogen) atoms. The molecule has 6 heteroatoms. The molecule has 5 heterocycles. The molecule has 0 atom stereocenters. The van der Waals surface area contributed by atoms with Gasteiger partial charge < -0.3 is 18.3 Å². The second-order valence-electron chi connectivity index (χ2n) is 22.9. The molecule has 0 fully saturated rings. The summed E-state index contributed by atoms with van der Waals surface area (Å²) in [6.07, 6.45) is 0. The van der Waals surface area contributed by atoms with Crippen LogP contribution in [-0.4, -0.2) is 28.2 Å². The van der Waals surface area contributed by atoms with Gasteiger partial charge in [0.05, 0.1) is 55.5 Å². The predicted molar refractivity (Wildman–Crippen MR) is 367 cm³/mol. The first-order valence-corrected chi connectivity index (χ1v) is 30.0. The van der Waals surface area contributed by atoms with Crippen LogP contribution in [0.1, 0.15) is 0 Å². The maximum absolute atomic E-state index is 5.47. The zero-order chi connectivity index (χ0) is 57.8. The van der Waals surface area contributed by atoms with Crippen molar-refractivity contribution < 1.29 is 0 Å². The van der Waals surface area contributed by atoms with Crippen LogP contribution in [0.5, 0.6) is 0 Å². The summed E-state index contributed by atoms with van der Waals surface area (Å²) in [5.41, 5.74) is 22.8. The van der Waals surface area contributed by atoms with Crippen molar-refractivity contribution >= 4 is 87.2 Å². The average molecular weight is 1120 g/mol. The van der Waals surface area contributed by atoms with Crippen LogP contribution < -0.4 is 0 Å². The molecular formula is C82H52N6. The normalized spacial score (nSPS) is 11.9. The summed E-state index contributed by atoms with van der Waals surface area (Å²) in [6, 6.07) is 114. The Morgan fingerprint density at radius 1 is 0.170 bits per heavy atom. The minimum atomic E-state index is 0.669. The molecule has 0 unspecified atom stereocenters. The zero-order valence-corrected chi connectivity index (χ0v) is 47.7. The molecule has 13 aromatic carbocycles. The largest absolute Gasteiger partial charge is 0.309 e. The fraction of sp³-hybridized carbons (Fsp3) is 0. The lowest BCUT2D eigenvalue weighted by Gasteiger charge is -2.17. The molecule has 0 aliphatic carbocycles. The van der Waals surface area contributed by atoms with E-state index in [2.05, 4.69) is 328 Å². The first-order chi connectivity index (χ1) is 43.6. The highest BCUT2D eigenvalue weighted by Gasteiger charge is 2.22. The number of nitrogens with zero attached hydrogens (tertiary/aromatic N) is 6. The number of fused-ring (bicyclic) bond motifs is 12. The van der Waals surface area contributed by atoms with Crippen LogP contribution in [0.4, 0.5) is 0 Å². The van der Waals surface area contributed by atoms with Crippen LogP contribution in [0.2, 0.25) is 0 Å². The Kier molecular flexibility index (Phi) is 11.2. The topological polar surface area (TPSA) is 45.5 Å². The van der Waals surface area contributed by atoms with Crippen LogP contribution in [0, 0.1) is 0 Å². The highest BCUT2D eigenvalue weighted by Crippen LogP contribution is 2.43. The van der Waals surface area contributed by atoms with E-state index in [1.165, 1.54) is 65.2 Å². The van der Waals surface area contributed by atoms with E-state index < -0.39 is 0 Å². The maximum Gasteiger partial charge on any atom is 0.160 e. The summed E-state index contributed by atoms with van der Waals surface area (Å²) in [5, 5.41) is 9.66. The molecule has 0 aliphatic rings. The summed E-state index contributed by atoms with van der Waals surface area (Å²) < 4.78 is 9.70. The molecule has 0 N–H and O–H groups in total. The molecule has 18 aromatic rings. The van der Waals surface area contributed by atoms with Crippen LogP contribution in [0.15, 0.2) is 315 Å². The Morgan fingerprint density at radius 3 is 0.932 bits per heavy atom. The number of hydrogen-bond donors (Lipinski definition) is 0. The number of benzene rings is 13. The molecule has 0 saturated carbocycles. The number of hydrogen-bond acceptors (Lipinski definition) is 2. The maximum atomic E-state index is 5.47. The molecule has 0 bridgehead atoms. The Hall–Kier alpha value is -11.9. The van der Waals surface area contributed by atoms with Crippen LogP contribution in [0.3, 0.4) is 0 Å². The highest BCUT2D eigenvalue weighted by atomic mass is 15.0. The quantitative estimate of drug-likeness (QED) is 0.145. The smallest absolute Gasteiger partial charge is 0.160 e. The molecule has 6 nitrogen and oxygen atoms in total. The fourth-order valence-electron chi connectivity index (χ4n) is 13.9. The van der Waals surface area contributed by atoms with E-state index in [1.807, 2.05) is 6.07 Å². The molecule has 18 rings (SSSR count). The van der Waals surface area contributed by atoms with E-state index in [4.69, 9.17) is 9.97 Å². The summed E-state index contributed by atoms with van der Waals surface area (Å²) in [5.74, 6) is 0.669. The van der Waals surface area contributed by atoms with Crippen molar-refractivity contribution in [1.29, 1.82) is 0 Å². The SMILES string of the molecule is c1ccc(-c2cc(-c3cc(-n4c5ccccc5c5cc(-c6ccc7c8ccccc8n(-c8ccccc8)c7c6)ccc54)cc(-n4c5ccccc5c5cc(-c6ccc7c8ccccc8n(-c8ccccc8)c7c6)ccc54)c3)nc(-c3ccccc3)n2)cc1. The van der Waals surface area contributed by atoms with E-state index in [1.54, 1.807) is 0 Å². The van der Waals surface area contributed by atoms with Gasteiger partial charge in [-0.3, -0.25) is 0 Å². The Bertz CT molecular complexity index is 5440. The zero-order valence-electron chi connectivity index (χ0n) is 47.7. The summed E-state index contributed by atoms with van der Waals surface area (Å²) in [6.45, 7) is 0. The van der Waals surface area contributed by atoms with Crippen molar-refractivity contribution in [2.45, 2.75) is 0 Å². The van der Waals surface area contributed by atoms with E-state index in [-0.39, 0.29) is 0 Å². The van der Waals surface area contributed by atoms with Gasteiger partial charge in [0.15, 0.2) is 5.82 Å². The van der Waals surface area contributed by atoms with Gasteiger partial charge in [-0.05, 0) is 131 Å². The Morgan fingerprint density at radius 2 is 0.489 bits per heavy atom. The molecule has 0 radical (unpaired) electrons. The second kappa shape index (κ2) is 19.9.